The predicted molar refractivity (Wildman–Crippen MR) is 81.2 cm³/mol. The van der Waals surface area contributed by atoms with E-state index in [0.717, 1.165) is 12.8 Å². The van der Waals surface area contributed by atoms with Crippen molar-refractivity contribution in [3.63, 3.8) is 0 Å². The second-order valence-corrected chi connectivity index (χ2v) is 8.92. The summed E-state index contributed by atoms with van der Waals surface area (Å²) in [5.41, 5.74) is -2.41. The lowest BCUT2D eigenvalue weighted by molar-refractivity contribution is -0.187. The Morgan fingerprint density at radius 2 is 2.00 bits per heavy atom. The number of fused-ring (bicyclic) bond motifs is 1. The van der Waals surface area contributed by atoms with E-state index in [1.807, 2.05) is 6.92 Å². The third-order valence-electron chi connectivity index (χ3n) is 8.41. The monoisotopic (exact) mass is 322 g/mol. The Labute approximate surface area is 136 Å². The molecule has 1 aliphatic heterocycles. The first-order chi connectivity index (χ1) is 10.6. The number of esters is 2. The average molecular weight is 322 g/mol. The van der Waals surface area contributed by atoms with Crippen LogP contribution in [0.1, 0.15) is 47.0 Å². The molecule has 2 bridgehead atoms. The van der Waals surface area contributed by atoms with Crippen LogP contribution in [0.4, 0.5) is 0 Å². The first kappa shape index (κ1) is 15.4. The highest BCUT2D eigenvalue weighted by Gasteiger charge is 2.93. The topological polar surface area (TPSA) is 72.8 Å². The number of aliphatic hydroxyl groups excluding tert-OH is 1. The maximum atomic E-state index is 12.8. The molecule has 1 saturated heterocycles. The van der Waals surface area contributed by atoms with Gasteiger partial charge in [0.15, 0.2) is 0 Å². The van der Waals surface area contributed by atoms with Gasteiger partial charge in [0.05, 0.1) is 18.9 Å². The molecule has 0 aromatic rings. The molecule has 5 nitrogen and oxygen atoms in total. The molecule has 23 heavy (non-hydrogen) atoms. The summed E-state index contributed by atoms with van der Waals surface area (Å²) in [4.78, 5) is 25.4. The molecule has 0 radical (unpaired) electrons. The van der Waals surface area contributed by atoms with Crippen molar-refractivity contribution in [2.45, 2.75) is 58.7 Å². The minimum absolute atomic E-state index is 0.317. The first-order valence-corrected chi connectivity index (χ1v) is 8.60. The zero-order chi connectivity index (χ0) is 17.0. The van der Waals surface area contributed by atoms with Gasteiger partial charge < -0.3 is 14.6 Å². The molecule has 5 heteroatoms. The zero-order valence-electron chi connectivity index (χ0n) is 14.5. The van der Waals surface area contributed by atoms with Gasteiger partial charge in [0.1, 0.15) is 11.7 Å². The Hall–Kier alpha value is -1.10. The summed E-state index contributed by atoms with van der Waals surface area (Å²) in [6.45, 7) is 8.31. The molecule has 0 amide bonds. The molecule has 4 rings (SSSR count). The van der Waals surface area contributed by atoms with E-state index in [-0.39, 0.29) is 11.4 Å². The summed E-state index contributed by atoms with van der Waals surface area (Å²) in [6.07, 6.45) is 1.66. The largest absolute Gasteiger partial charge is 0.469 e. The van der Waals surface area contributed by atoms with Gasteiger partial charge in [0.2, 0.25) is 0 Å². The number of carbonyl (C=O) groups excluding carboxylic acids is 2. The summed E-state index contributed by atoms with van der Waals surface area (Å²) >= 11 is 0. The Morgan fingerprint density at radius 1 is 1.35 bits per heavy atom. The number of hydrogen-bond acceptors (Lipinski definition) is 5. The second-order valence-electron chi connectivity index (χ2n) is 8.92. The van der Waals surface area contributed by atoms with Crippen LogP contribution in [0.25, 0.3) is 0 Å². The number of methoxy groups -OCH3 is 1. The van der Waals surface area contributed by atoms with Crippen molar-refractivity contribution in [3.8, 4) is 0 Å². The van der Waals surface area contributed by atoms with Crippen LogP contribution >= 0.6 is 0 Å². The average Bonchev–Trinajstić information content (AvgIpc) is 2.85. The van der Waals surface area contributed by atoms with Crippen LogP contribution in [0.3, 0.4) is 0 Å². The third kappa shape index (κ3) is 1.17. The van der Waals surface area contributed by atoms with E-state index in [1.54, 1.807) is 0 Å². The summed E-state index contributed by atoms with van der Waals surface area (Å²) in [5.74, 6) is -1.44. The molecule has 0 aromatic heterocycles. The molecular weight excluding hydrogens is 296 g/mol. The van der Waals surface area contributed by atoms with Crippen LogP contribution in [0.15, 0.2) is 0 Å². The standard InChI is InChI=1S/C18H26O5/c1-9-6-7-17-11-10(12(19)22-5)16(4,15(17,2)3)14(21)18(17,8-9)23-13(11)20/h9-11,14,21H,6-8H2,1-5H3/t9-,10-,11+,14-,16-,17-,18+/m1/s1. The van der Waals surface area contributed by atoms with Gasteiger partial charge in [0.25, 0.3) is 0 Å². The molecule has 128 valence electrons. The normalized spacial score (nSPS) is 55.5. The number of hydrogen-bond donors (Lipinski definition) is 1. The van der Waals surface area contributed by atoms with Crippen LogP contribution in [0, 0.1) is 34.0 Å². The van der Waals surface area contributed by atoms with E-state index in [0.29, 0.717) is 12.3 Å². The van der Waals surface area contributed by atoms with Gasteiger partial charge in [-0.25, -0.2) is 0 Å². The fraction of sp³-hybridized carbons (Fsp3) is 0.889. The van der Waals surface area contributed by atoms with Crippen molar-refractivity contribution in [2.75, 3.05) is 7.11 Å². The lowest BCUT2D eigenvalue weighted by Crippen LogP contribution is -2.61. The number of carbonyl (C=O) groups is 2. The van der Waals surface area contributed by atoms with Crippen molar-refractivity contribution in [2.24, 2.45) is 34.0 Å². The van der Waals surface area contributed by atoms with E-state index in [2.05, 4.69) is 20.8 Å². The SMILES string of the molecule is COC(=O)[C@H]1[C@H]2C(=O)O[C@]34C[C@H](C)CC[C@]23C(C)(C)[C@@]1(C)[C@H]4O. The molecule has 4 fully saturated rings. The van der Waals surface area contributed by atoms with Gasteiger partial charge in [-0.05, 0) is 30.6 Å². The fourth-order valence-corrected chi connectivity index (χ4v) is 7.27. The molecule has 4 aliphatic rings. The number of rotatable bonds is 1. The van der Waals surface area contributed by atoms with E-state index in [9.17, 15) is 14.7 Å². The highest BCUT2D eigenvalue weighted by atomic mass is 16.6. The molecule has 7 atom stereocenters. The second kappa shape index (κ2) is 3.93. The number of ether oxygens (including phenoxy) is 2. The maximum absolute atomic E-state index is 12.8. The van der Waals surface area contributed by atoms with Gasteiger partial charge in [-0.3, -0.25) is 9.59 Å². The first-order valence-electron chi connectivity index (χ1n) is 8.60. The van der Waals surface area contributed by atoms with Crippen LogP contribution in [0.5, 0.6) is 0 Å². The minimum atomic E-state index is -0.838. The highest BCUT2D eigenvalue weighted by molar-refractivity contribution is 5.89. The summed E-state index contributed by atoms with van der Waals surface area (Å²) in [5, 5.41) is 11.3. The Kier molecular flexibility index (Phi) is 2.64. The molecule has 3 aliphatic carbocycles. The van der Waals surface area contributed by atoms with E-state index < -0.39 is 40.3 Å². The molecule has 3 saturated carbocycles. The van der Waals surface area contributed by atoms with E-state index in [4.69, 9.17) is 9.47 Å². The summed E-state index contributed by atoms with van der Waals surface area (Å²) in [7, 11) is 1.35. The number of aliphatic hydroxyl groups is 1. The van der Waals surface area contributed by atoms with Crippen LogP contribution in [0.2, 0.25) is 0 Å². The highest BCUT2D eigenvalue weighted by Crippen LogP contribution is 2.86. The summed E-state index contributed by atoms with van der Waals surface area (Å²) in [6, 6.07) is 0. The van der Waals surface area contributed by atoms with Crippen LogP contribution < -0.4 is 0 Å². The summed E-state index contributed by atoms with van der Waals surface area (Å²) < 4.78 is 11.0. The lowest BCUT2D eigenvalue weighted by atomic mass is 9.52. The van der Waals surface area contributed by atoms with E-state index >= 15 is 0 Å². The maximum Gasteiger partial charge on any atom is 0.311 e. The van der Waals surface area contributed by atoms with Gasteiger partial charge in [-0.1, -0.05) is 27.7 Å². The molecular formula is C18H26O5. The van der Waals surface area contributed by atoms with Crippen LogP contribution in [-0.2, 0) is 19.1 Å². The fourth-order valence-electron chi connectivity index (χ4n) is 7.27. The van der Waals surface area contributed by atoms with Gasteiger partial charge in [-0.15, -0.1) is 0 Å². The smallest absolute Gasteiger partial charge is 0.311 e. The lowest BCUT2D eigenvalue weighted by Gasteiger charge is -2.52. The van der Waals surface area contributed by atoms with E-state index in [1.165, 1.54) is 7.11 Å². The Bertz CT molecular complexity index is 613. The molecule has 0 unspecified atom stereocenters. The van der Waals surface area contributed by atoms with Crippen molar-refractivity contribution >= 4 is 11.9 Å². The molecule has 1 spiro atoms. The Balaban J connectivity index is 2.02. The van der Waals surface area contributed by atoms with Crippen LogP contribution in [-0.4, -0.2) is 35.9 Å². The molecule has 0 aromatic carbocycles. The van der Waals surface area contributed by atoms with Crippen molar-refractivity contribution in [1.29, 1.82) is 0 Å². The zero-order valence-corrected chi connectivity index (χ0v) is 14.5. The predicted octanol–water partition coefficient (Wildman–Crippen LogP) is 1.91. The van der Waals surface area contributed by atoms with Gasteiger partial charge >= 0.3 is 11.9 Å². The minimum Gasteiger partial charge on any atom is -0.469 e. The van der Waals surface area contributed by atoms with Crippen molar-refractivity contribution < 1.29 is 24.2 Å². The molecule has 1 heterocycles. The molecule has 1 N–H and O–H groups in total. The third-order valence-corrected chi connectivity index (χ3v) is 8.41. The van der Waals surface area contributed by atoms with Crippen molar-refractivity contribution in [1.82, 2.24) is 0 Å². The van der Waals surface area contributed by atoms with Gasteiger partial charge in [0, 0.05) is 10.8 Å². The van der Waals surface area contributed by atoms with Crippen molar-refractivity contribution in [3.05, 3.63) is 0 Å². The van der Waals surface area contributed by atoms with Gasteiger partial charge in [-0.2, -0.15) is 0 Å². The Morgan fingerprint density at radius 3 is 2.61 bits per heavy atom. The quantitative estimate of drug-likeness (QED) is 0.747.